The zero-order valence-corrected chi connectivity index (χ0v) is 20.1. The molecular formula is C23H29Cl2N3O4. The molecule has 1 atom stereocenters. The van der Waals surface area contributed by atoms with Gasteiger partial charge in [-0.25, -0.2) is 0 Å². The zero-order valence-electron chi connectivity index (χ0n) is 18.5. The van der Waals surface area contributed by atoms with E-state index in [-0.39, 0.29) is 5.91 Å². The van der Waals surface area contributed by atoms with Gasteiger partial charge in [0.2, 0.25) is 5.91 Å². The van der Waals surface area contributed by atoms with Crippen LogP contribution in [0.2, 0.25) is 10.0 Å². The SMILES string of the molecule is CCOc1cc(N2CCOCC2)c(OCC)cc1N[C@H](C)C(=O)Nc1cc(Cl)cc(Cl)c1. The highest BCUT2D eigenvalue weighted by Crippen LogP contribution is 2.39. The van der Waals surface area contributed by atoms with E-state index in [4.69, 9.17) is 37.4 Å². The van der Waals surface area contributed by atoms with Crippen LogP contribution in [0.1, 0.15) is 20.8 Å². The molecule has 0 bridgehead atoms. The van der Waals surface area contributed by atoms with E-state index >= 15 is 0 Å². The quantitative estimate of drug-likeness (QED) is 0.520. The second-order valence-electron chi connectivity index (χ2n) is 7.29. The zero-order chi connectivity index (χ0) is 23.1. The first-order valence-corrected chi connectivity index (χ1v) is 11.5. The number of hydrogen-bond donors (Lipinski definition) is 2. The molecule has 1 amide bonds. The van der Waals surface area contributed by atoms with Crippen LogP contribution in [0.15, 0.2) is 30.3 Å². The average Bonchev–Trinajstić information content (AvgIpc) is 2.75. The number of ether oxygens (including phenoxy) is 3. The Labute approximate surface area is 198 Å². The minimum absolute atomic E-state index is 0.235. The molecule has 3 rings (SSSR count). The van der Waals surface area contributed by atoms with E-state index in [1.165, 1.54) is 0 Å². The van der Waals surface area contributed by atoms with Crippen molar-refractivity contribution in [3.8, 4) is 11.5 Å². The second kappa shape index (κ2) is 11.5. The van der Waals surface area contributed by atoms with Crippen molar-refractivity contribution in [3.63, 3.8) is 0 Å². The predicted molar refractivity (Wildman–Crippen MR) is 130 cm³/mol. The third kappa shape index (κ3) is 6.34. The van der Waals surface area contributed by atoms with Gasteiger partial charge in [0.15, 0.2) is 0 Å². The van der Waals surface area contributed by atoms with E-state index in [1.54, 1.807) is 25.1 Å². The van der Waals surface area contributed by atoms with Crippen LogP contribution in [0.3, 0.4) is 0 Å². The minimum atomic E-state index is -0.560. The number of benzene rings is 2. The maximum absolute atomic E-state index is 12.8. The van der Waals surface area contributed by atoms with E-state index in [9.17, 15) is 4.79 Å². The van der Waals surface area contributed by atoms with E-state index in [0.717, 1.165) is 24.5 Å². The van der Waals surface area contributed by atoms with Crippen LogP contribution < -0.4 is 25.0 Å². The Kier molecular flexibility index (Phi) is 8.73. The number of amides is 1. The summed E-state index contributed by atoms with van der Waals surface area (Å²) < 4.78 is 17.3. The molecule has 9 heteroatoms. The van der Waals surface area contributed by atoms with Gasteiger partial charge in [0.1, 0.15) is 17.5 Å². The van der Waals surface area contributed by atoms with Gasteiger partial charge in [-0.15, -0.1) is 0 Å². The van der Waals surface area contributed by atoms with Crippen molar-refractivity contribution in [2.45, 2.75) is 26.8 Å². The molecule has 1 heterocycles. The number of carbonyl (C=O) groups excluding carboxylic acids is 1. The molecule has 1 aliphatic heterocycles. The molecule has 0 radical (unpaired) electrons. The molecule has 0 aromatic heterocycles. The minimum Gasteiger partial charge on any atom is -0.492 e. The fourth-order valence-corrected chi connectivity index (χ4v) is 3.96. The Bertz CT molecular complexity index is 915. The van der Waals surface area contributed by atoms with Crippen LogP contribution in [0.4, 0.5) is 17.1 Å². The standard InChI is InChI=1S/C23H29Cl2N3O4/c1-4-31-21-14-20(28-6-8-30-9-7-28)22(32-5-2)13-19(21)26-15(3)23(29)27-18-11-16(24)10-17(25)12-18/h10-15,26H,4-9H2,1-3H3,(H,27,29)/t15-/m1/s1. The van der Waals surface area contributed by atoms with Crippen molar-refractivity contribution in [1.82, 2.24) is 0 Å². The molecule has 1 saturated heterocycles. The molecule has 1 fully saturated rings. The first-order chi connectivity index (χ1) is 15.4. The molecule has 2 aromatic rings. The maximum atomic E-state index is 12.8. The Morgan fingerprint density at radius 1 is 1.03 bits per heavy atom. The Hall–Kier alpha value is -2.35. The van der Waals surface area contributed by atoms with Crippen LogP contribution in [0, 0.1) is 0 Å². The molecule has 2 aromatic carbocycles. The van der Waals surface area contributed by atoms with Gasteiger partial charge in [0, 0.05) is 41.0 Å². The van der Waals surface area contributed by atoms with Gasteiger partial charge in [-0.1, -0.05) is 23.2 Å². The highest BCUT2D eigenvalue weighted by molar-refractivity contribution is 6.35. The lowest BCUT2D eigenvalue weighted by atomic mass is 10.1. The summed E-state index contributed by atoms with van der Waals surface area (Å²) in [7, 11) is 0. The van der Waals surface area contributed by atoms with Crippen molar-refractivity contribution in [3.05, 3.63) is 40.4 Å². The van der Waals surface area contributed by atoms with Crippen LogP contribution in [0.25, 0.3) is 0 Å². The molecule has 174 valence electrons. The fourth-order valence-electron chi connectivity index (χ4n) is 3.43. The summed E-state index contributed by atoms with van der Waals surface area (Å²) in [6.45, 7) is 9.54. The lowest BCUT2D eigenvalue weighted by Crippen LogP contribution is -2.36. The normalized spacial score (nSPS) is 14.6. The third-order valence-corrected chi connectivity index (χ3v) is 5.34. The Morgan fingerprint density at radius 2 is 1.66 bits per heavy atom. The summed E-state index contributed by atoms with van der Waals surface area (Å²) in [6.07, 6.45) is 0. The maximum Gasteiger partial charge on any atom is 0.246 e. The van der Waals surface area contributed by atoms with Crippen molar-refractivity contribution in [2.24, 2.45) is 0 Å². The monoisotopic (exact) mass is 481 g/mol. The van der Waals surface area contributed by atoms with Crippen LogP contribution >= 0.6 is 23.2 Å². The van der Waals surface area contributed by atoms with Crippen LogP contribution in [-0.4, -0.2) is 51.5 Å². The van der Waals surface area contributed by atoms with E-state index in [1.807, 2.05) is 26.0 Å². The van der Waals surface area contributed by atoms with Crippen molar-refractivity contribution < 1.29 is 19.0 Å². The summed E-state index contributed by atoms with van der Waals surface area (Å²) in [6, 6.07) is 8.20. The van der Waals surface area contributed by atoms with Gasteiger partial charge >= 0.3 is 0 Å². The number of hydrogen-bond acceptors (Lipinski definition) is 6. The highest BCUT2D eigenvalue weighted by atomic mass is 35.5. The smallest absolute Gasteiger partial charge is 0.246 e. The van der Waals surface area contributed by atoms with Gasteiger partial charge in [0.05, 0.1) is 37.8 Å². The Balaban J connectivity index is 1.82. The topological polar surface area (TPSA) is 72.1 Å². The number of nitrogens with zero attached hydrogens (tertiary/aromatic N) is 1. The lowest BCUT2D eigenvalue weighted by Gasteiger charge is -2.31. The van der Waals surface area contributed by atoms with Crippen molar-refractivity contribution >= 4 is 46.2 Å². The summed E-state index contributed by atoms with van der Waals surface area (Å²) in [4.78, 5) is 15.0. The van der Waals surface area contributed by atoms with Gasteiger partial charge in [-0.05, 0) is 39.0 Å². The molecule has 0 unspecified atom stereocenters. The van der Waals surface area contributed by atoms with E-state index < -0.39 is 6.04 Å². The largest absolute Gasteiger partial charge is 0.492 e. The summed E-state index contributed by atoms with van der Waals surface area (Å²) in [5.74, 6) is 1.15. The number of morpholine rings is 1. The molecule has 2 N–H and O–H groups in total. The number of anilines is 3. The second-order valence-corrected chi connectivity index (χ2v) is 8.17. The number of rotatable bonds is 9. The molecule has 32 heavy (non-hydrogen) atoms. The highest BCUT2D eigenvalue weighted by Gasteiger charge is 2.22. The van der Waals surface area contributed by atoms with Crippen LogP contribution in [-0.2, 0) is 9.53 Å². The Morgan fingerprint density at radius 3 is 2.28 bits per heavy atom. The van der Waals surface area contributed by atoms with E-state index in [2.05, 4.69) is 15.5 Å². The third-order valence-electron chi connectivity index (χ3n) is 4.91. The van der Waals surface area contributed by atoms with Gasteiger partial charge in [-0.2, -0.15) is 0 Å². The summed E-state index contributed by atoms with van der Waals surface area (Å²) in [5.41, 5.74) is 2.16. The average molecular weight is 482 g/mol. The number of nitrogens with one attached hydrogen (secondary N) is 2. The molecule has 7 nitrogen and oxygen atoms in total. The predicted octanol–water partition coefficient (Wildman–Crippen LogP) is 5.07. The molecule has 0 aliphatic carbocycles. The molecular weight excluding hydrogens is 453 g/mol. The van der Waals surface area contributed by atoms with Crippen LogP contribution in [0.5, 0.6) is 11.5 Å². The van der Waals surface area contributed by atoms with Gasteiger partial charge < -0.3 is 29.7 Å². The summed E-state index contributed by atoms with van der Waals surface area (Å²) in [5, 5.41) is 6.98. The molecule has 0 spiro atoms. The first-order valence-electron chi connectivity index (χ1n) is 10.7. The first kappa shape index (κ1) is 24.3. The van der Waals surface area contributed by atoms with Crippen molar-refractivity contribution in [1.29, 1.82) is 0 Å². The fraction of sp³-hybridized carbons (Fsp3) is 0.435. The van der Waals surface area contributed by atoms with Crippen molar-refractivity contribution in [2.75, 3.05) is 55.1 Å². The number of carbonyl (C=O) groups is 1. The molecule has 0 saturated carbocycles. The van der Waals surface area contributed by atoms with Gasteiger partial charge in [-0.3, -0.25) is 4.79 Å². The van der Waals surface area contributed by atoms with E-state index in [0.29, 0.717) is 53.6 Å². The van der Waals surface area contributed by atoms with Gasteiger partial charge in [0.25, 0.3) is 0 Å². The summed E-state index contributed by atoms with van der Waals surface area (Å²) >= 11 is 12.1. The molecule has 1 aliphatic rings. The lowest BCUT2D eigenvalue weighted by molar-refractivity contribution is -0.116. The number of halogens is 2.